The van der Waals surface area contributed by atoms with Crippen molar-refractivity contribution in [2.75, 3.05) is 0 Å². The van der Waals surface area contributed by atoms with Crippen molar-refractivity contribution in [3.05, 3.63) is 12.2 Å². The minimum atomic E-state index is -1.31. The van der Waals surface area contributed by atoms with E-state index in [9.17, 15) is 19.6 Å². The van der Waals surface area contributed by atoms with Gasteiger partial charge in [0.25, 0.3) is 0 Å². The van der Waals surface area contributed by atoms with Crippen LogP contribution >= 0.6 is 0 Å². The molecule has 0 N–H and O–H groups in total. The first-order valence-electron chi connectivity index (χ1n) is 8.56. The first-order valence-corrected chi connectivity index (χ1v) is 8.56. The molecule has 4 fully saturated rings. The van der Waals surface area contributed by atoms with Crippen molar-refractivity contribution in [3.63, 3.8) is 0 Å². The second kappa shape index (κ2) is 5.32. The molecule has 3 saturated carbocycles. The van der Waals surface area contributed by atoms with Gasteiger partial charge in [-0.2, -0.15) is 5.26 Å². The van der Waals surface area contributed by atoms with E-state index in [1.807, 2.05) is 0 Å². The molecule has 7 heteroatoms. The summed E-state index contributed by atoms with van der Waals surface area (Å²) in [7, 11) is 0. The predicted molar refractivity (Wildman–Crippen MR) is 81.4 cm³/mol. The van der Waals surface area contributed by atoms with E-state index in [0.717, 1.165) is 0 Å². The fraction of sp³-hybridized carbons (Fsp3) is 0.667. The van der Waals surface area contributed by atoms with Gasteiger partial charge in [0, 0.05) is 17.4 Å². The van der Waals surface area contributed by atoms with Gasteiger partial charge in [0.15, 0.2) is 6.10 Å². The average Bonchev–Trinajstić information content (AvgIpc) is 3.13. The van der Waals surface area contributed by atoms with E-state index < -0.39 is 23.6 Å². The average molecular weight is 345 g/mol. The maximum Gasteiger partial charge on any atom is 0.333 e. The monoisotopic (exact) mass is 345 g/mol. The Morgan fingerprint density at radius 3 is 2.64 bits per heavy atom. The molecule has 25 heavy (non-hydrogen) atoms. The van der Waals surface area contributed by atoms with E-state index in [1.165, 1.54) is 0 Å². The second-order valence-electron chi connectivity index (χ2n) is 7.60. The van der Waals surface area contributed by atoms with Crippen molar-refractivity contribution in [2.24, 2.45) is 23.7 Å². The van der Waals surface area contributed by atoms with Gasteiger partial charge in [-0.1, -0.05) is 6.58 Å². The maximum atomic E-state index is 12.4. The van der Waals surface area contributed by atoms with Gasteiger partial charge < -0.3 is 14.2 Å². The lowest BCUT2D eigenvalue weighted by atomic mass is 9.78. The van der Waals surface area contributed by atoms with Crippen LogP contribution in [0.4, 0.5) is 0 Å². The Morgan fingerprint density at radius 1 is 1.28 bits per heavy atom. The molecule has 132 valence electrons. The van der Waals surface area contributed by atoms with Gasteiger partial charge in [0.2, 0.25) is 5.60 Å². The summed E-state index contributed by atoms with van der Waals surface area (Å²) in [6.07, 6.45) is 1.12. The molecule has 0 spiro atoms. The molecular weight excluding hydrogens is 326 g/mol. The van der Waals surface area contributed by atoms with Crippen molar-refractivity contribution in [3.8, 4) is 6.07 Å². The van der Waals surface area contributed by atoms with Crippen LogP contribution in [0.15, 0.2) is 12.2 Å². The Labute approximate surface area is 144 Å². The number of fused-ring (bicyclic) bond motifs is 1. The minimum absolute atomic E-state index is 0.00201. The normalized spacial score (nSPS) is 43.0. The first-order chi connectivity index (χ1) is 11.9. The van der Waals surface area contributed by atoms with Crippen LogP contribution in [0.3, 0.4) is 0 Å². The molecule has 1 aliphatic heterocycles. The molecule has 0 amide bonds. The zero-order valence-corrected chi connectivity index (χ0v) is 13.9. The third-order valence-corrected chi connectivity index (χ3v) is 6.04. The number of rotatable bonds is 4. The first kappa shape index (κ1) is 16.1. The van der Waals surface area contributed by atoms with E-state index in [-0.39, 0.29) is 35.7 Å². The molecule has 0 aromatic carbocycles. The van der Waals surface area contributed by atoms with Gasteiger partial charge in [-0.3, -0.25) is 9.59 Å². The van der Waals surface area contributed by atoms with Crippen LogP contribution in [0.5, 0.6) is 0 Å². The zero-order chi connectivity index (χ0) is 17.9. The number of hydrogen-bond donors (Lipinski definition) is 0. The highest BCUT2D eigenvalue weighted by Crippen LogP contribution is 2.61. The van der Waals surface area contributed by atoms with Gasteiger partial charge in [0.1, 0.15) is 12.2 Å². The molecule has 4 rings (SSSR count). The van der Waals surface area contributed by atoms with Crippen LogP contribution in [0.25, 0.3) is 0 Å². The Bertz CT molecular complexity index is 718. The standard InChI is InChI=1S/C18H19NO6/c1-8(2)15(20)23-11-3-10(4-11)16(21)24-14-9-5-12-13(6-9)18(14,7-19)25-17(12)22/h9-14H,1,3-6H2,2H3. The summed E-state index contributed by atoms with van der Waals surface area (Å²) in [5, 5.41) is 9.59. The van der Waals surface area contributed by atoms with Crippen LogP contribution < -0.4 is 0 Å². The molecule has 2 bridgehead atoms. The highest BCUT2D eigenvalue weighted by atomic mass is 16.6. The van der Waals surface area contributed by atoms with E-state index in [4.69, 9.17) is 14.2 Å². The summed E-state index contributed by atoms with van der Waals surface area (Å²) < 4.78 is 16.2. The largest absolute Gasteiger partial charge is 0.459 e. The minimum Gasteiger partial charge on any atom is -0.459 e. The van der Waals surface area contributed by atoms with Crippen molar-refractivity contribution in [1.82, 2.24) is 0 Å². The lowest BCUT2D eigenvalue weighted by Crippen LogP contribution is -2.49. The molecule has 1 heterocycles. The fourth-order valence-corrected chi connectivity index (χ4v) is 4.68. The van der Waals surface area contributed by atoms with Gasteiger partial charge in [-0.05, 0) is 32.6 Å². The maximum absolute atomic E-state index is 12.4. The molecule has 7 nitrogen and oxygen atoms in total. The number of carbonyl (C=O) groups excluding carboxylic acids is 3. The molecule has 5 atom stereocenters. The highest BCUT2D eigenvalue weighted by molar-refractivity contribution is 5.87. The number of hydrogen-bond acceptors (Lipinski definition) is 7. The molecule has 0 radical (unpaired) electrons. The Hall–Kier alpha value is -2.36. The summed E-state index contributed by atoms with van der Waals surface area (Å²) in [4.78, 5) is 35.8. The van der Waals surface area contributed by atoms with Crippen LogP contribution in [0.2, 0.25) is 0 Å². The zero-order valence-electron chi connectivity index (χ0n) is 13.9. The molecule has 0 aromatic rings. The quantitative estimate of drug-likeness (QED) is 0.429. The van der Waals surface area contributed by atoms with E-state index in [1.54, 1.807) is 6.92 Å². The van der Waals surface area contributed by atoms with Crippen molar-refractivity contribution >= 4 is 17.9 Å². The Morgan fingerprint density at radius 2 is 2.00 bits per heavy atom. The third kappa shape index (κ3) is 2.20. The Kier molecular flexibility index (Phi) is 3.43. The summed E-state index contributed by atoms with van der Waals surface area (Å²) in [5.74, 6) is -1.96. The van der Waals surface area contributed by atoms with Gasteiger partial charge in [0.05, 0.1) is 11.8 Å². The third-order valence-electron chi connectivity index (χ3n) is 6.04. The lowest BCUT2D eigenvalue weighted by molar-refractivity contribution is -0.180. The van der Waals surface area contributed by atoms with E-state index in [2.05, 4.69) is 12.6 Å². The summed E-state index contributed by atoms with van der Waals surface area (Å²) in [6.45, 7) is 5.09. The summed E-state index contributed by atoms with van der Waals surface area (Å²) in [5.41, 5.74) is -0.989. The van der Waals surface area contributed by atoms with Crippen LogP contribution in [-0.4, -0.2) is 35.7 Å². The smallest absolute Gasteiger partial charge is 0.333 e. The Balaban J connectivity index is 1.37. The van der Waals surface area contributed by atoms with Gasteiger partial charge in [-0.15, -0.1) is 0 Å². The second-order valence-corrected chi connectivity index (χ2v) is 7.60. The van der Waals surface area contributed by atoms with Crippen molar-refractivity contribution < 1.29 is 28.6 Å². The van der Waals surface area contributed by atoms with Crippen LogP contribution in [0.1, 0.15) is 32.6 Å². The van der Waals surface area contributed by atoms with Crippen LogP contribution in [0, 0.1) is 35.0 Å². The molecule has 5 unspecified atom stereocenters. The van der Waals surface area contributed by atoms with Crippen molar-refractivity contribution in [2.45, 2.75) is 50.4 Å². The highest BCUT2D eigenvalue weighted by Gasteiger charge is 2.73. The van der Waals surface area contributed by atoms with E-state index >= 15 is 0 Å². The number of carbonyl (C=O) groups is 3. The number of nitriles is 1. The molecule has 1 saturated heterocycles. The van der Waals surface area contributed by atoms with Crippen molar-refractivity contribution in [1.29, 1.82) is 5.26 Å². The topological polar surface area (TPSA) is 103 Å². The number of nitrogens with zero attached hydrogens (tertiary/aromatic N) is 1. The van der Waals surface area contributed by atoms with Gasteiger partial charge >= 0.3 is 17.9 Å². The molecular formula is C18H19NO6. The SMILES string of the molecule is C=C(C)C(=O)OC1CC(C(=O)OC2C3CC4C(=O)OC2(C#N)C4C3)C1. The van der Waals surface area contributed by atoms with Crippen LogP contribution in [-0.2, 0) is 28.6 Å². The molecule has 0 aromatic heterocycles. The summed E-state index contributed by atoms with van der Waals surface area (Å²) >= 11 is 0. The number of esters is 3. The fourth-order valence-electron chi connectivity index (χ4n) is 4.68. The van der Waals surface area contributed by atoms with Gasteiger partial charge in [-0.25, -0.2) is 4.79 Å². The van der Waals surface area contributed by atoms with E-state index in [0.29, 0.717) is 31.3 Å². The molecule has 3 aliphatic carbocycles. The lowest BCUT2D eigenvalue weighted by Gasteiger charge is -2.36. The molecule has 4 aliphatic rings. The predicted octanol–water partition coefficient (Wildman–Crippen LogP) is 1.27. The number of ether oxygens (including phenoxy) is 3. The summed E-state index contributed by atoms with van der Waals surface area (Å²) in [6, 6.07) is 2.11.